The summed E-state index contributed by atoms with van der Waals surface area (Å²) in [7, 11) is 0. The van der Waals surface area contributed by atoms with Crippen LogP contribution in [0.15, 0.2) is 24.3 Å². The van der Waals surface area contributed by atoms with E-state index in [2.05, 4.69) is 0 Å². The Morgan fingerprint density at radius 3 is 0.667 bits per heavy atom. The summed E-state index contributed by atoms with van der Waals surface area (Å²) in [5.41, 5.74) is 0. The van der Waals surface area contributed by atoms with Crippen LogP contribution in [0.5, 0.6) is 0 Å². The van der Waals surface area contributed by atoms with E-state index in [0.29, 0.717) is 0 Å². The minimum atomic E-state index is 0. The Hall–Kier alpha value is -0.520. The van der Waals surface area contributed by atoms with Crippen molar-refractivity contribution >= 4 is 0 Å². The Morgan fingerprint density at radius 2 is 0.667 bits per heavy atom. The van der Waals surface area contributed by atoms with Crippen LogP contribution in [-0.2, 0) is 0 Å². The number of rotatable bonds is 0. The molecule has 56 valence electrons. The van der Waals surface area contributed by atoms with Crippen LogP contribution in [0, 0.1) is 0 Å². The fourth-order valence-electron chi connectivity index (χ4n) is 0. The molecule has 0 atom stereocenters. The van der Waals surface area contributed by atoms with Gasteiger partial charge in [0.15, 0.2) is 0 Å². The van der Waals surface area contributed by atoms with Gasteiger partial charge in [0.05, 0.1) is 0 Å². The third-order valence-corrected chi connectivity index (χ3v) is 0.667. The first-order chi connectivity index (χ1) is 3.83. The molecule has 0 aliphatic rings. The maximum Gasteiger partial charge on any atom is -0.0470 e. The summed E-state index contributed by atoms with van der Waals surface area (Å²) < 4.78 is 0. The van der Waals surface area contributed by atoms with E-state index in [1.165, 1.54) is 0 Å². The van der Waals surface area contributed by atoms with Crippen LogP contribution < -0.4 is 0 Å². The highest BCUT2D eigenvalue weighted by Crippen LogP contribution is 1.57. The molecule has 0 heteroatoms. The molecule has 0 aliphatic heterocycles. The summed E-state index contributed by atoms with van der Waals surface area (Å²) in [6.45, 7) is 8.00. The van der Waals surface area contributed by atoms with Gasteiger partial charge < -0.3 is 0 Å². The Morgan fingerprint density at radius 1 is 0.556 bits per heavy atom. The predicted molar refractivity (Wildman–Crippen MR) is 47.7 cm³/mol. The van der Waals surface area contributed by atoms with Crippen molar-refractivity contribution < 1.29 is 0 Å². The smallest absolute Gasteiger partial charge is 0.0470 e. The summed E-state index contributed by atoms with van der Waals surface area (Å²) in [4.78, 5) is 0. The third kappa shape index (κ3) is 103. The fourth-order valence-corrected chi connectivity index (χ4v) is 0. The molecule has 0 radical (unpaired) electrons. The molecule has 0 spiro atoms. The quantitative estimate of drug-likeness (QED) is 0.435. The van der Waals surface area contributed by atoms with E-state index in [-0.39, 0.29) is 7.43 Å². The second-order valence-electron chi connectivity index (χ2n) is 1.33. The lowest BCUT2D eigenvalue weighted by atomic mass is 10.6. The monoisotopic (exact) mass is 128 g/mol. The maximum atomic E-state index is 2.00. The first-order valence-corrected chi connectivity index (χ1v) is 2.98. The molecule has 0 heterocycles. The molecule has 0 bridgehead atoms. The highest BCUT2D eigenvalue weighted by molar-refractivity contribution is 4.68. The van der Waals surface area contributed by atoms with E-state index < -0.39 is 0 Å². The SMILES string of the molecule is C.C/C=C/C.C/C=C\C. The Kier molecular flexibility index (Phi) is 45.5. The highest BCUT2D eigenvalue weighted by Gasteiger charge is 1.34. The lowest BCUT2D eigenvalue weighted by Crippen LogP contribution is -1.26. The number of hydrogen-bond acceptors (Lipinski definition) is 0. The van der Waals surface area contributed by atoms with Crippen LogP contribution in [0.3, 0.4) is 0 Å². The first-order valence-electron chi connectivity index (χ1n) is 2.98. The number of hydrogen-bond donors (Lipinski definition) is 0. The fraction of sp³-hybridized carbons (Fsp3) is 0.556. The van der Waals surface area contributed by atoms with E-state index in [0.717, 1.165) is 0 Å². The van der Waals surface area contributed by atoms with Crippen molar-refractivity contribution in [3.8, 4) is 0 Å². The maximum absolute atomic E-state index is 2.00. The van der Waals surface area contributed by atoms with Gasteiger partial charge in [0.2, 0.25) is 0 Å². The number of allylic oxidation sites excluding steroid dienone is 4. The topological polar surface area (TPSA) is 0 Å². The van der Waals surface area contributed by atoms with Gasteiger partial charge >= 0.3 is 0 Å². The normalized spacial score (nSPS) is 8.44. The second kappa shape index (κ2) is 25.9. The van der Waals surface area contributed by atoms with Crippen molar-refractivity contribution in [1.82, 2.24) is 0 Å². The summed E-state index contributed by atoms with van der Waals surface area (Å²) in [6.07, 6.45) is 8.00. The lowest BCUT2D eigenvalue weighted by Gasteiger charge is -1.49. The van der Waals surface area contributed by atoms with Crippen molar-refractivity contribution in [1.29, 1.82) is 0 Å². The minimum Gasteiger partial charge on any atom is -0.0919 e. The van der Waals surface area contributed by atoms with Crippen LogP contribution >= 0.6 is 0 Å². The van der Waals surface area contributed by atoms with E-state index in [1.54, 1.807) is 0 Å². The zero-order valence-corrected chi connectivity index (χ0v) is 6.31. The van der Waals surface area contributed by atoms with Crippen LogP contribution in [-0.4, -0.2) is 0 Å². The molecular weight excluding hydrogens is 108 g/mol. The molecule has 0 saturated heterocycles. The summed E-state index contributed by atoms with van der Waals surface area (Å²) in [5, 5.41) is 0. The predicted octanol–water partition coefficient (Wildman–Crippen LogP) is 3.80. The average molecular weight is 128 g/mol. The van der Waals surface area contributed by atoms with E-state index in [1.807, 2.05) is 52.0 Å². The first kappa shape index (κ1) is 15.8. The van der Waals surface area contributed by atoms with Gasteiger partial charge in [-0.2, -0.15) is 0 Å². The third-order valence-electron chi connectivity index (χ3n) is 0.667. The van der Waals surface area contributed by atoms with Gasteiger partial charge in [-0.3, -0.25) is 0 Å². The highest BCUT2D eigenvalue weighted by atomic mass is 13.4. The van der Waals surface area contributed by atoms with Crippen molar-refractivity contribution in [3.05, 3.63) is 24.3 Å². The van der Waals surface area contributed by atoms with Gasteiger partial charge in [-0.25, -0.2) is 0 Å². The van der Waals surface area contributed by atoms with Crippen molar-refractivity contribution in [2.24, 2.45) is 0 Å². The summed E-state index contributed by atoms with van der Waals surface area (Å²) in [5.74, 6) is 0. The molecule has 0 N–H and O–H groups in total. The zero-order valence-electron chi connectivity index (χ0n) is 6.31. The molecule has 0 saturated carbocycles. The molecule has 0 aliphatic carbocycles. The molecule has 0 rings (SSSR count). The van der Waals surface area contributed by atoms with E-state index in [4.69, 9.17) is 0 Å². The van der Waals surface area contributed by atoms with Crippen LogP contribution in [0.4, 0.5) is 0 Å². The van der Waals surface area contributed by atoms with Gasteiger partial charge in [0.1, 0.15) is 0 Å². The van der Waals surface area contributed by atoms with Gasteiger partial charge in [0.25, 0.3) is 0 Å². The Bertz CT molecular complexity index is 40.4. The zero-order chi connectivity index (χ0) is 6.83. The van der Waals surface area contributed by atoms with Crippen LogP contribution in [0.1, 0.15) is 35.1 Å². The summed E-state index contributed by atoms with van der Waals surface area (Å²) in [6, 6.07) is 0. The molecule has 0 nitrogen and oxygen atoms in total. The summed E-state index contributed by atoms with van der Waals surface area (Å²) >= 11 is 0. The standard InChI is InChI=1S/2C4H8.CH4/c2*1-3-4-2;/h2*3-4H,1-2H3;1H4/b4-3+;4-3-;. The Labute approximate surface area is 60.3 Å². The molecule has 0 fully saturated rings. The lowest BCUT2D eigenvalue weighted by molar-refractivity contribution is 1.64. The van der Waals surface area contributed by atoms with E-state index >= 15 is 0 Å². The van der Waals surface area contributed by atoms with Crippen LogP contribution in [0.25, 0.3) is 0 Å². The van der Waals surface area contributed by atoms with Gasteiger partial charge in [-0.05, 0) is 27.7 Å². The Balaban J connectivity index is -0.0000000720. The van der Waals surface area contributed by atoms with Crippen molar-refractivity contribution in [3.63, 3.8) is 0 Å². The largest absolute Gasteiger partial charge is 0.0919 e. The second-order valence-corrected chi connectivity index (χ2v) is 1.33. The van der Waals surface area contributed by atoms with Crippen LogP contribution in [0.2, 0.25) is 0 Å². The average Bonchev–Trinajstić information content (AvgIpc) is 1.88. The molecule has 0 aromatic heterocycles. The van der Waals surface area contributed by atoms with Crippen molar-refractivity contribution in [2.45, 2.75) is 35.1 Å². The van der Waals surface area contributed by atoms with Gasteiger partial charge in [-0.1, -0.05) is 31.7 Å². The minimum absolute atomic E-state index is 0. The molecule has 0 aromatic rings. The molecular formula is C9H20. The van der Waals surface area contributed by atoms with Crippen molar-refractivity contribution in [2.75, 3.05) is 0 Å². The van der Waals surface area contributed by atoms with Gasteiger partial charge in [0, 0.05) is 0 Å². The molecule has 9 heavy (non-hydrogen) atoms. The van der Waals surface area contributed by atoms with E-state index in [9.17, 15) is 0 Å². The van der Waals surface area contributed by atoms with Gasteiger partial charge in [-0.15, -0.1) is 0 Å². The molecule has 0 unspecified atom stereocenters. The molecule has 0 amide bonds. The molecule has 0 aromatic carbocycles.